The van der Waals surface area contributed by atoms with Gasteiger partial charge in [-0.2, -0.15) is 4.31 Å². The van der Waals surface area contributed by atoms with Gasteiger partial charge in [0, 0.05) is 29.5 Å². The molecule has 0 N–H and O–H groups in total. The third kappa shape index (κ3) is 2.91. The Morgan fingerprint density at radius 2 is 1.85 bits per heavy atom. The average Bonchev–Trinajstić information content (AvgIpc) is 2.37. The molecular formula is C12H12BrF2NO3S. The van der Waals surface area contributed by atoms with E-state index in [2.05, 4.69) is 15.9 Å². The minimum absolute atomic E-state index is 0.146. The summed E-state index contributed by atoms with van der Waals surface area (Å²) in [7, 11) is -4.04. The maximum atomic E-state index is 13.8. The van der Waals surface area contributed by atoms with Crippen molar-refractivity contribution in [2.24, 2.45) is 5.92 Å². The number of aldehydes is 1. The lowest BCUT2D eigenvalue weighted by Crippen LogP contribution is -2.39. The molecule has 0 aromatic heterocycles. The van der Waals surface area contributed by atoms with Gasteiger partial charge < -0.3 is 4.79 Å². The van der Waals surface area contributed by atoms with Crippen LogP contribution in [0.1, 0.15) is 12.8 Å². The highest BCUT2D eigenvalue weighted by atomic mass is 79.9. The summed E-state index contributed by atoms with van der Waals surface area (Å²) in [5, 5.41) is 0. The molecule has 1 saturated heterocycles. The molecule has 0 radical (unpaired) electrons. The SMILES string of the molecule is O=CC1CCN(S(=O)(=O)c2c(F)cc(F)cc2Br)CC1. The largest absolute Gasteiger partial charge is 0.303 e. The maximum absolute atomic E-state index is 13.8. The molecule has 2 rings (SSSR count). The number of carbonyl (C=O) groups excluding carboxylic acids is 1. The quantitative estimate of drug-likeness (QED) is 0.770. The van der Waals surface area contributed by atoms with Crippen molar-refractivity contribution in [2.45, 2.75) is 17.7 Å². The molecule has 0 spiro atoms. The van der Waals surface area contributed by atoms with E-state index in [1.807, 2.05) is 0 Å². The van der Waals surface area contributed by atoms with Crippen LogP contribution in [-0.4, -0.2) is 32.1 Å². The normalized spacial score (nSPS) is 18.1. The second kappa shape index (κ2) is 5.87. The topological polar surface area (TPSA) is 54.5 Å². The van der Waals surface area contributed by atoms with E-state index in [4.69, 9.17) is 0 Å². The Morgan fingerprint density at radius 3 is 2.35 bits per heavy atom. The van der Waals surface area contributed by atoms with Gasteiger partial charge in [-0.15, -0.1) is 0 Å². The van der Waals surface area contributed by atoms with Gasteiger partial charge in [0.2, 0.25) is 10.0 Å². The summed E-state index contributed by atoms with van der Waals surface area (Å²) in [5.74, 6) is -2.15. The standard InChI is InChI=1S/C12H12BrF2NO3S/c13-10-5-9(14)6-11(15)12(10)20(18,19)16-3-1-8(7-17)2-4-16/h5-8H,1-4H2. The smallest absolute Gasteiger partial charge is 0.247 e. The van der Waals surface area contributed by atoms with Crippen LogP contribution < -0.4 is 0 Å². The number of benzene rings is 1. The van der Waals surface area contributed by atoms with Crippen molar-refractivity contribution in [2.75, 3.05) is 13.1 Å². The van der Waals surface area contributed by atoms with Crippen LogP contribution in [0.5, 0.6) is 0 Å². The highest BCUT2D eigenvalue weighted by molar-refractivity contribution is 9.10. The predicted molar refractivity (Wildman–Crippen MR) is 71.6 cm³/mol. The predicted octanol–water partition coefficient (Wildman–Crippen LogP) is 2.33. The summed E-state index contributed by atoms with van der Waals surface area (Å²) in [6, 6.07) is 1.45. The molecule has 0 amide bonds. The first-order valence-electron chi connectivity index (χ1n) is 5.96. The summed E-state index contributed by atoms with van der Waals surface area (Å²) in [6.45, 7) is 0.296. The summed E-state index contributed by atoms with van der Waals surface area (Å²) >= 11 is 2.88. The van der Waals surface area contributed by atoms with Gasteiger partial charge in [0.05, 0.1) is 0 Å². The van der Waals surface area contributed by atoms with Gasteiger partial charge in [-0.05, 0) is 34.8 Å². The number of hydrogen-bond acceptors (Lipinski definition) is 3. The van der Waals surface area contributed by atoms with Gasteiger partial charge in [0.15, 0.2) is 0 Å². The number of halogens is 3. The Bertz CT molecular complexity index is 605. The Balaban J connectivity index is 2.35. The second-order valence-corrected chi connectivity index (χ2v) is 7.31. The molecule has 8 heteroatoms. The molecule has 0 aliphatic carbocycles. The zero-order chi connectivity index (χ0) is 14.9. The van der Waals surface area contributed by atoms with Crippen LogP contribution in [0.15, 0.2) is 21.5 Å². The van der Waals surface area contributed by atoms with Crippen LogP contribution in [-0.2, 0) is 14.8 Å². The Morgan fingerprint density at radius 1 is 1.25 bits per heavy atom. The molecule has 1 aliphatic rings. The number of sulfonamides is 1. The van der Waals surface area contributed by atoms with Crippen molar-refractivity contribution in [1.82, 2.24) is 4.31 Å². The molecule has 1 heterocycles. The summed E-state index contributed by atoms with van der Waals surface area (Å²) in [5.41, 5.74) is 0. The number of rotatable bonds is 3. The molecule has 0 saturated carbocycles. The van der Waals surface area contributed by atoms with E-state index in [-0.39, 0.29) is 23.5 Å². The molecule has 1 aliphatic heterocycles. The Labute approximate surface area is 123 Å². The van der Waals surface area contributed by atoms with Crippen molar-refractivity contribution in [3.05, 3.63) is 28.2 Å². The second-order valence-electron chi connectivity index (χ2n) is 4.58. The van der Waals surface area contributed by atoms with Gasteiger partial charge >= 0.3 is 0 Å². The summed E-state index contributed by atoms with van der Waals surface area (Å²) < 4.78 is 52.5. The molecule has 1 fully saturated rings. The van der Waals surface area contributed by atoms with Crippen molar-refractivity contribution >= 4 is 32.2 Å². The number of carbonyl (C=O) groups is 1. The Kier molecular flexibility index (Phi) is 4.55. The molecule has 0 atom stereocenters. The summed E-state index contributed by atoms with van der Waals surface area (Å²) in [6.07, 6.45) is 1.62. The fourth-order valence-corrected chi connectivity index (χ4v) is 4.74. The van der Waals surface area contributed by atoms with Crippen LogP contribution >= 0.6 is 15.9 Å². The lowest BCUT2D eigenvalue weighted by Gasteiger charge is -2.29. The van der Waals surface area contributed by atoms with Crippen LogP contribution in [0.2, 0.25) is 0 Å². The molecule has 1 aromatic rings. The fraction of sp³-hybridized carbons (Fsp3) is 0.417. The molecular weight excluding hydrogens is 356 g/mol. The molecule has 4 nitrogen and oxygen atoms in total. The van der Waals surface area contributed by atoms with E-state index >= 15 is 0 Å². The van der Waals surface area contributed by atoms with Gasteiger partial charge in [-0.25, -0.2) is 17.2 Å². The van der Waals surface area contributed by atoms with Crippen molar-refractivity contribution < 1.29 is 22.0 Å². The lowest BCUT2D eigenvalue weighted by atomic mass is 10.0. The van der Waals surface area contributed by atoms with Crippen molar-refractivity contribution in [1.29, 1.82) is 0 Å². The minimum atomic E-state index is -4.04. The molecule has 0 unspecified atom stereocenters. The Hall–Kier alpha value is -0.860. The highest BCUT2D eigenvalue weighted by Crippen LogP contribution is 2.30. The third-order valence-electron chi connectivity index (χ3n) is 3.25. The van der Waals surface area contributed by atoms with Crippen LogP contribution in [0.4, 0.5) is 8.78 Å². The van der Waals surface area contributed by atoms with Crippen LogP contribution in [0, 0.1) is 17.6 Å². The van der Waals surface area contributed by atoms with E-state index in [0.717, 1.165) is 16.7 Å². The van der Waals surface area contributed by atoms with Crippen LogP contribution in [0.3, 0.4) is 0 Å². The van der Waals surface area contributed by atoms with Gasteiger partial charge in [-0.1, -0.05) is 0 Å². The zero-order valence-electron chi connectivity index (χ0n) is 10.4. The highest BCUT2D eigenvalue weighted by Gasteiger charge is 2.33. The monoisotopic (exact) mass is 367 g/mol. The minimum Gasteiger partial charge on any atom is -0.303 e. The first kappa shape index (κ1) is 15.5. The number of hydrogen-bond donors (Lipinski definition) is 0. The lowest BCUT2D eigenvalue weighted by molar-refractivity contribution is -0.112. The fourth-order valence-electron chi connectivity index (χ4n) is 2.16. The van der Waals surface area contributed by atoms with Gasteiger partial charge in [0.1, 0.15) is 22.8 Å². The average molecular weight is 368 g/mol. The van der Waals surface area contributed by atoms with E-state index in [0.29, 0.717) is 18.9 Å². The van der Waals surface area contributed by atoms with Gasteiger partial charge in [-0.3, -0.25) is 0 Å². The maximum Gasteiger partial charge on any atom is 0.247 e. The molecule has 0 bridgehead atoms. The van der Waals surface area contributed by atoms with E-state index < -0.39 is 26.6 Å². The van der Waals surface area contributed by atoms with E-state index in [1.54, 1.807) is 0 Å². The molecule has 110 valence electrons. The number of nitrogens with zero attached hydrogens (tertiary/aromatic N) is 1. The molecule has 1 aromatic carbocycles. The molecule has 20 heavy (non-hydrogen) atoms. The zero-order valence-corrected chi connectivity index (χ0v) is 12.8. The van der Waals surface area contributed by atoms with Gasteiger partial charge in [0.25, 0.3) is 0 Å². The first-order valence-corrected chi connectivity index (χ1v) is 8.19. The number of piperidine rings is 1. The van der Waals surface area contributed by atoms with E-state index in [1.165, 1.54) is 0 Å². The van der Waals surface area contributed by atoms with E-state index in [9.17, 15) is 22.0 Å². The van der Waals surface area contributed by atoms with Crippen molar-refractivity contribution in [3.8, 4) is 0 Å². The van der Waals surface area contributed by atoms with Crippen molar-refractivity contribution in [3.63, 3.8) is 0 Å². The summed E-state index contributed by atoms with van der Waals surface area (Å²) in [4.78, 5) is 10.1. The first-order chi connectivity index (χ1) is 9.36. The van der Waals surface area contributed by atoms with Crippen LogP contribution in [0.25, 0.3) is 0 Å². The third-order valence-corrected chi connectivity index (χ3v) is 6.12.